The zero-order valence-electron chi connectivity index (χ0n) is 10.9. The van der Waals surface area contributed by atoms with E-state index in [1.807, 2.05) is 19.1 Å². The second kappa shape index (κ2) is 5.33. The van der Waals surface area contributed by atoms with Crippen LogP contribution in [0.25, 0.3) is 0 Å². The van der Waals surface area contributed by atoms with Crippen molar-refractivity contribution in [3.8, 4) is 5.88 Å². The first-order valence-corrected chi connectivity index (χ1v) is 7.41. The van der Waals surface area contributed by atoms with E-state index in [1.54, 1.807) is 0 Å². The SMILES string of the molecule is Cc1nc(OC2CCCc3ccccc32)ccc1Br. The number of aryl methyl sites for hydroxylation is 2. The third-order valence-corrected chi connectivity index (χ3v) is 4.41. The summed E-state index contributed by atoms with van der Waals surface area (Å²) in [6, 6.07) is 12.5. The van der Waals surface area contributed by atoms with Crippen LogP contribution < -0.4 is 4.74 Å². The van der Waals surface area contributed by atoms with Crippen molar-refractivity contribution >= 4 is 15.9 Å². The summed E-state index contributed by atoms with van der Waals surface area (Å²) in [7, 11) is 0. The van der Waals surface area contributed by atoms with Gasteiger partial charge in [-0.25, -0.2) is 4.98 Å². The van der Waals surface area contributed by atoms with Crippen molar-refractivity contribution in [1.82, 2.24) is 4.98 Å². The van der Waals surface area contributed by atoms with Crippen LogP contribution in [0.1, 0.15) is 35.8 Å². The number of hydrogen-bond donors (Lipinski definition) is 0. The highest BCUT2D eigenvalue weighted by molar-refractivity contribution is 9.10. The molecule has 0 saturated carbocycles. The molecule has 1 aromatic carbocycles. The molecule has 1 aliphatic carbocycles. The van der Waals surface area contributed by atoms with Crippen molar-refractivity contribution in [3.63, 3.8) is 0 Å². The molecule has 1 aromatic heterocycles. The number of rotatable bonds is 2. The Balaban J connectivity index is 1.86. The molecule has 1 aliphatic rings. The van der Waals surface area contributed by atoms with Gasteiger partial charge in [-0.2, -0.15) is 0 Å². The van der Waals surface area contributed by atoms with Crippen LogP contribution in [0.3, 0.4) is 0 Å². The summed E-state index contributed by atoms with van der Waals surface area (Å²) >= 11 is 3.46. The number of aromatic nitrogens is 1. The van der Waals surface area contributed by atoms with Gasteiger partial charge in [0.25, 0.3) is 0 Å². The standard InChI is InChI=1S/C16H16BrNO/c1-11-14(17)9-10-16(18-11)19-15-8-4-6-12-5-2-3-7-13(12)15/h2-3,5,7,9-10,15H,4,6,8H2,1H3. The van der Waals surface area contributed by atoms with E-state index in [9.17, 15) is 0 Å². The smallest absolute Gasteiger partial charge is 0.214 e. The molecular formula is C16H16BrNO. The van der Waals surface area contributed by atoms with Crippen molar-refractivity contribution in [2.24, 2.45) is 0 Å². The zero-order chi connectivity index (χ0) is 13.2. The van der Waals surface area contributed by atoms with Gasteiger partial charge in [0, 0.05) is 10.5 Å². The molecule has 0 fully saturated rings. The average Bonchev–Trinajstić information content (AvgIpc) is 2.43. The molecule has 0 saturated heterocycles. The predicted molar refractivity (Wildman–Crippen MR) is 79.4 cm³/mol. The third-order valence-electron chi connectivity index (χ3n) is 3.57. The summed E-state index contributed by atoms with van der Waals surface area (Å²) in [5.41, 5.74) is 3.69. The molecule has 0 radical (unpaired) electrons. The molecule has 0 N–H and O–H groups in total. The first-order valence-electron chi connectivity index (χ1n) is 6.61. The Labute approximate surface area is 122 Å². The number of halogens is 1. The molecule has 1 atom stereocenters. The molecule has 3 heteroatoms. The van der Waals surface area contributed by atoms with Gasteiger partial charge in [-0.3, -0.25) is 0 Å². The van der Waals surface area contributed by atoms with Crippen LogP contribution in [-0.4, -0.2) is 4.98 Å². The number of ether oxygens (including phenoxy) is 1. The van der Waals surface area contributed by atoms with Gasteiger partial charge >= 0.3 is 0 Å². The maximum Gasteiger partial charge on any atom is 0.214 e. The Bertz CT molecular complexity index is 597. The highest BCUT2D eigenvalue weighted by Gasteiger charge is 2.21. The van der Waals surface area contributed by atoms with E-state index in [1.165, 1.54) is 17.5 Å². The maximum absolute atomic E-state index is 6.09. The minimum atomic E-state index is 0.137. The van der Waals surface area contributed by atoms with Gasteiger partial charge in [0.2, 0.25) is 5.88 Å². The monoisotopic (exact) mass is 317 g/mol. The first-order chi connectivity index (χ1) is 9.24. The Morgan fingerprint density at radius 2 is 2.05 bits per heavy atom. The normalized spacial score (nSPS) is 17.9. The zero-order valence-corrected chi connectivity index (χ0v) is 12.5. The molecule has 1 unspecified atom stereocenters. The highest BCUT2D eigenvalue weighted by Crippen LogP contribution is 2.33. The molecule has 0 spiro atoms. The maximum atomic E-state index is 6.09. The summed E-state index contributed by atoms with van der Waals surface area (Å²) in [5, 5.41) is 0. The largest absolute Gasteiger partial charge is 0.469 e. The van der Waals surface area contributed by atoms with Crippen molar-refractivity contribution in [2.75, 3.05) is 0 Å². The number of nitrogens with zero attached hydrogens (tertiary/aromatic N) is 1. The fraction of sp³-hybridized carbons (Fsp3) is 0.312. The fourth-order valence-corrected chi connectivity index (χ4v) is 2.79. The Morgan fingerprint density at radius 1 is 1.21 bits per heavy atom. The van der Waals surface area contributed by atoms with E-state index >= 15 is 0 Å². The quantitative estimate of drug-likeness (QED) is 0.807. The fourth-order valence-electron chi connectivity index (χ4n) is 2.56. The van der Waals surface area contributed by atoms with Crippen LogP contribution in [0.2, 0.25) is 0 Å². The van der Waals surface area contributed by atoms with E-state index in [4.69, 9.17) is 4.74 Å². The van der Waals surface area contributed by atoms with Gasteiger partial charge in [0.1, 0.15) is 6.10 Å². The van der Waals surface area contributed by atoms with E-state index < -0.39 is 0 Å². The third kappa shape index (κ3) is 2.66. The van der Waals surface area contributed by atoms with Crippen LogP contribution in [0, 0.1) is 6.92 Å². The molecule has 0 amide bonds. The molecule has 2 nitrogen and oxygen atoms in total. The second-order valence-corrected chi connectivity index (χ2v) is 5.77. The van der Waals surface area contributed by atoms with Gasteiger partial charge < -0.3 is 4.74 Å². The van der Waals surface area contributed by atoms with Crippen molar-refractivity contribution < 1.29 is 4.74 Å². The number of pyridine rings is 1. The number of fused-ring (bicyclic) bond motifs is 1. The Morgan fingerprint density at radius 3 is 2.89 bits per heavy atom. The summed E-state index contributed by atoms with van der Waals surface area (Å²) in [4.78, 5) is 4.47. The Kier molecular flexibility index (Phi) is 3.56. The van der Waals surface area contributed by atoms with E-state index in [0.29, 0.717) is 5.88 Å². The predicted octanol–water partition coefficient (Wildman–Crippen LogP) is 4.61. The summed E-state index contributed by atoms with van der Waals surface area (Å²) in [6.45, 7) is 1.98. The molecular weight excluding hydrogens is 302 g/mol. The Hall–Kier alpha value is -1.35. The minimum Gasteiger partial charge on any atom is -0.469 e. The van der Waals surface area contributed by atoms with E-state index in [-0.39, 0.29) is 6.10 Å². The molecule has 98 valence electrons. The molecule has 1 heterocycles. The molecule has 2 aromatic rings. The lowest BCUT2D eigenvalue weighted by Crippen LogP contribution is -2.15. The summed E-state index contributed by atoms with van der Waals surface area (Å²) in [5.74, 6) is 0.711. The van der Waals surface area contributed by atoms with E-state index in [2.05, 4.69) is 45.2 Å². The summed E-state index contributed by atoms with van der Waals surface area (Å²) < 4.78 is 7.10. The number of benzene rings is 1. The molecule has 0 aliphatic heterocycles. The highest BCUT2D eigenvalue weighted by atomic mass is 79.9. The van der Waals surface area contributed by atoms with Crippen LogP contribution in [0.15, 0.2) is 40.9 Å². The van der Waals surface area contributed by atoms with Crippen molar-refractivity contribution in [3.05, 3.63) is 57.7 Å². The van der Waals surface area contributed by atoms with Gasteiger partial charge in [0.05, 0.1) is 5.69 Å². The lowest BCUT2D eigenvalue weighted by molar-refractivity contribution is 0.175. The average molecular weight is 318 g/mol. The van der Waals surface area contributed by atoms with Crippen molar-refractivity contribution in [1.29, 1.82) is 0 Å². The molecule has 3 rings (SSSR count). The van der Waals surface area contributed by atoms with Gasteiger partial charge in [-0.1, -0.05) is 24.3 Å². The van der Waals surface area contributed by atoms with Gasteiger partial charge in [-0.05, 0) is 59.3 Å². The van der Waals surface area contributed by atoms with Gasteiger partial charge in [-0.15, -0.1) is 0 Å². The lowest BCUT2D eigenvalue weighted by atomic mass is 9.89. The van der Waals surface area contributed by atoms with Crippen molar-refractivity contribution in [2.45, 2.75) is 32.3 Å². The minimum absolute atomic E-state index is 0.137. The van der Waals surface area contributed by atoms with Crippen LogP contribution in [0.5, 0.6) is 5.88 Å². The second-order valence-electron chi connectivity index (χ2n) is 4.91. The lowest BCUT2D eigenvalue weighted by Gasteiger charge is -2.25. The molecule has 0 bridgehead atoms. The van der Waals surface area contributed by atoms with E-state index in [0.717, 1.165) is 23.0 Å². The van der Waals surface area contributed by atoms with Crippen LogP contribution >= 0.6 is 15.9 Å². The van der Waals surface area contributed by atoms with Gasteiger partial charge in [0.15, 0.2) is 0 Å². The topological polar surface area (TPSA) is 22.1 Å². The summed E-state index contributed by atoms with van der Waals surface area (Å²) in [6.07, 6.45) is 3.53. The molecule has 19 heavy (non-hydrogen) atoms. The van der Waals surface area contributed by atoms with Crippen LogP contribution in [0.4, 0.5) is 0 Å². The number of hydrogen-bond acceptors (Lipinski definition) is 2. The van der Waals surface area contributed by atoms with Crippen LogP contribution in [-0.2, 0) is 6.42 Å². The first kappa shape index (κ1) is 12.7.